The second kappa shape index (κ2) is 8.96. The van der Waals surface area contributed by atoms with E-state index in [2.05, 4.69) is 15.3 Å². The molecule has 7 heteroatoms. The summed E-state index contributed by atoms with van der Waals surface area (Å²) in [6.07, 6.45) is 5.63. The van der Waals surface area contributed by atoms with Gasteiger partial charge in [-0.05, 0) is 32.4 Å². The van der Waals surface area contributed by atoms with Gasteiger partial charge in [0.1, 0.15) is 11.5 Å². The van der Waals surface area contributed by atoms with Crippen molar-refractivity contribution in [2.75, 3.05) is 6.54 Å². The monoisotopic (exact) mass is 344 g/mol. The number of nitrogens with zero attached hydrogens (tertiary/aromatic N) is 3. The second-order valence-corrected chi connectivity index (χ2v) is 5.98. The Labute approximate surface area is 147 Å². The highest BCUT2D eigenvalue weighted by molar-refractivity contribution is 5.92. The highest BCUT2D eigenvalue weighted by Crippen LogP contribution is 2.10. The molecule has 0 saturated carbocycles. The van der Waals surface area contributed by atoms with Crippen LogP contribution in [0.4, 0.5) is 0 Å². The topological polar surface area (TPSA) is 88.3 Å². The van der Waals surface area contributed by atoms with Crippen LogP contribution < -0.4 is 5.32 Å². The molecule has 2 aromatic heterocycles. The van der Waals surface area contributed by atoms with E-state index in [1.807, 2.05) is 13.8 Å². The van der Waals surface area contributed by atoms with E-state index in [4.69, 9.17) is 4.42 Å². The minimum Gasteiger partial charge on any atom is -0.467 e. The number of hydrogen-bond acceptors (Lipinski definition) is 5. The van der Waals surface area contributed by atoms with E-state index in [0.717, 1.165) is 12.1 Å². The molecule has 2 rings (SSSR count). The normalized spacial score (nSPS) is 11.8. The third-order valence-electron chi connectivity index (χ3n) is 3.84. The van der Waals surface area contributed by atoms with E-state index in [-0.39, 0.29) is 43.1 Å². The SMILES string of the molecule is CCC(C)NC(=O)CCN(Cc1ccco1)C(=O)c1cnc(C)cn1. The van der Waals surface area contributed by atoms with E-state index < -0.39 is 0 Å². The molecule has 0 aliphatic carbocycles. The molecule has 0 aliphatic rings. The highest BCUT2D eigenvalue weighted by atomic mass is 16.3. The summed E-state index contributed by atoms with van der Waals surface area (Å²) in [5, 5.41) is 2.90. The van der Waals surface area contributed by atoms with Gasteiger partial charge in [0, 0.05) is 25.2 Å². The third-order valence-corrected chi connectivity index (χ3v) is 3.84. The number of rotatable bonds is 8. The maximum atomic E-state index is 12.7. The van der Waals surface area contributed by atoms with Gasteiger partial charge in [-0.15, -0.1) is 0 Å². The molecular formula is C18H24N4O3. The van der Waals surface area contributed by atoms with Crippen molar-refractivity contribution in [3.63, 3.8) is 0 Å². The number of hydrogen-bond donors (Lipinski definition) is 1. The van der Waals surface area contributed by atoms with Crippen molar-refractivity contribution in [1.82, 2.24) is 20.2 Å². The van der Waals surface area contributed by atoms with Crippen molar-refractivity contribution in [1.29, 1.82) is 0 Å². The summed E-state index contributed by atoms with van der Waals surface area (Å²) in [7, 11) is 0. The fourth-order valence-corrected chi connectivity index (χ4v) is 2.19. The molecule has 0 aliphatic heterocycles. The molecule has 25 heavy (non-hydrogen) atoms. The first kappa shape index (κ1) is 18.6. The van der Waals surface area contributed by atoms with Gasteiger partial charge in [-0.3, -0.25) is 14.6 Å². The third kappa shape index (κ3) is 5.70. The summed E-state index contributed by atoms with van der Waals surface area (Å²) in [6, 6.07) is 3.67. The quantitative estimate of drug-likeness (QED) is 0.794. The summed E-state index contributed by atoms with van der Waals surface area (Å²) in [5.41, 5.74) is 0.988. The zero-order valence-corrected chi connectivity index (χ0v) is 14.9. The molecular weight excluding hydrogens is 320 g/mol. The van der Waals surface area contributed by atoms with Crippen LogP contribution in [0.1, 0.15) is 48.6 Å². The predicted molar refractivity (Wildman–Crippen MR) is 92.7 cm³/mol. The Bertz CT molecular complexity index is 683. The standard InChI is InChI=1S/C18H24N4O3/c1-4-13(2)21-17(23)7-8-22(12-15-6-5-9-25-15)18(24)16-11-19-14(3)10-20-16/h5-6,9-11,13H,4,7-8,12H2,1-3H3,(H,21,23). The van der Waals surface area contributed by atoms with E-state index in [1.165, 1.54) is 6.20 Å². The van der Waals surface area contributed by atoms with E-state index in [9.17, 15) is 9.59 Å². The Balaban J connectivity index is 2.05. The summed E-state index contributed by atoms with van der Waals surface area (Å²) < 4.78 is 5.33. The van der Waals surface area contributed by atoms with Crippen LogP contribution in [0.5, 0.6) is 0 Å². The number of amides is 2. The first-order valence-electron chi connectivity index (χ1n) is 8.39. The molecule has 2 amide bonds. The largest absolute Gasteiger partial charge is 0.467 e. The Hall–Kier alpha value is -2.70. The van der Waals surface area contributed by atoms with Gasteiger partial charge < -0.3 is 14.6 Å². The average molecular weight is 344 g/mol. The van der Waals surface area contributed by atoms with Crippen LogP contribution >= 0.6 is 0 Å². The van der Waals surface area contributed by atoms with Gasteiger partial charge in [-0.2, -0.15) is 0 Å². The molecule has 1 N–H and O–H groups in total. The minimum absolute atomic E-state index is 0.0819. The molecule has 0 bridgehead atoms. The smallest absolute Gasteiger partial charge is 0.274 e. The van der Waals surface area contributed by atoms with Crippen molar-refractivity contribution in [2.45, 2.75) is 46.2 Å². The highest BCUT2D eigenvalue weighted by Gasteiger charge is 2.20. The number of furan rings is 1. The van der Waals surface area contributed by atoms with Crippen LogP contribution in [0.25, 0.3) is 0 Å². The molecule has 2 heterocycles. The van der Waals surface area contributed by atoms with Crippen molar-refractivity contribution in [2.24, 2.45) is 0 Å². The van der Waals surface area contributed by atoms with Crippen LogP contribution in [0.3, 0.4) is 0 Å². The summed E-state index contributed by atoms with van der Waals surface area (Å²) in [6.45, 7) is 6.32. The Morgan fingerprint density at radius 3 is 2.72 bits per heavy atom. The van der Waals surface area contributed by atoms with Crippen LogP contribution in [0.2, 0.25) is 0 Å². The Kier molecular flexibility index (Phi) is 6.68. The average Bonchev–Trinajstić information content (AvgIpc) is 3.11. The van der Waals surface area contributed by atoms with Gasteiger partial charge in [0.2, 0.25) is 5.91 Å². The lowest BCUT2D eigenvalue weighted by atomic mass is 10.2. The van der Waals surface area contributed by atoms with Crippen molar-refractivity contribution < 1.29 is 14.0 Å². The molecule has 0 spiro atoms. The molecule has 134 valence electrons. The van der Waals surface area contributed by atoms with Gasteiger partial charge in [0.05, 0.1) is 24.7 Å². The lowest BCUT2D eigenvalue weighted by Crippen LogP contribution is -2.37. The van der Waals surface area contributed by atoms with Crippen LogP contribution in [-0.4, -0.2) is 39.3 Å². The number of carbonyl (C=O) groups excluding carboxylic acids is 2. The van der Waals surface area contributed by atoms with Gasteiger partial charge in [-0.1, -0.05) is 6.92 Å². The number of carbonyl (C=O) groups is 2. The first-order chi connectivity index (χ1) is 12.0. The predicted octanol–water partition coefficient (Wildman–Crippen LogP) is 2.33. The molecule has 0 saturated heterocycles. The van der Waals surface area contributed by atoms with Crippen molar-refractivity contribution in [3.8, 4) is 0 Å². The van der Waals surface area contributed by atoms with E-state index in [1.54, 1.807) is 36.4 Å². The van der Waals surface area contributed by atoms with Crippen LogP contribution in [0.15, 0.2) is 35.2 Å². The summed E-state index contributed by atoms with van der Waals surface area (Å²) in [4.78, 5) is 34.5. The lowest BCUT2D eigenvalue weighted by molar-refractivity contribution is -0.121. The fraction of sp³-hybridized carbons (Fsp3) is 0.444. The lowest BCUT2D eigenvalue weighted by Gasteiger charge is -2.21. The number of nitrogens with one attached hydrogen (secondary N) is 1. The molecule has 7 nitrogen and oxygen atoms in total. The van der Waals surface area contributed by atoms with E-state index in [0.29, 0.717) is 5.76 Å². The second-order valence-electron chi connectivity index (χ2n) is 5.98. The molecule has 0 fully saturated rings. The number of aromatic nitrogens is 2. The zero-order valence-electron chi connectivity index (χ0n) is 14.9. The molecule has 0 radical (unpaired) electrons. The minimum atomic E-state index is -0.278. The first-order valence-corrected chi connectivity index (χ1v) is 8.39. The molecule has 1 unspecified atom stereocenters. The fourth-order valence-electron chi connectivity index (χ4n) is 2.19. The summed E-state index contributed by atoms with van der Waals surface area (Å²) in [5.74, 6) is 0.289. The molecule has 0 aromatic carbocycles. The Morgan fingerprint density at radius 2 is 2.12 bits per heavy atom. The van der Waals surface area contributed by atoms with Crippen LogP contribution in [-0.2, 0) is 11.3 Å². The van der Waals surface area contributed by atoms with Gasteiger partial charge >= 0.3 is 0 Å². The maximum Gasteiger partial charge on any atom is 0.274 e. The summed E-state index contributed by atoms with van der Waals surface area (Å²) >= 11 is 0. The molecule has 1 atom stereocenters. The van der Waals surface area contributed by atoms with Gasteiger partial charge in [-0.25, -0.2) is 4.98 Å². The molecule has 2 aromatic rings. The van der Waals surface area contributed by atoms with Crippen molar-refractivity contribution >= 4 is 11.8 Å². The van der Waals surface area contributed by atoms with Gasteiger partial charge in [0.25, 0.3) is 5.91 Å². The number of aryl methyl sites for hydroxylation is 1. The maximum absolute atomic E-state index is 12.7. The van der Waals surface area contributed by atoms with Gasteiger partial charge in [0.15, 0.2) is 0 Å². The Morgan fingerprint density at radius 1 is 1.32 bits per heavy atom. The zero-order chi connectivity index (χ0) is 18.2. The van der Waals surface area contributed by atoms with Crippen LogP contribution in [0, 0.1) is 6.92 Å². The van der Waals surface area contributed by atoms with E-state index >= 15 is 0 Å². The van der Waals surface area contributed by atoms with Crippen molar-refractivity contribution in [3.05, 3.63) is 47.9 Å².